The Labute approximate surface area is 271 Å². The Hall–Kier alpha value is -4.00. The quantitative estimate of drug-likeness (QED) is 0.0766. The molecule has 12 nitrogen and oxygen atoms in total. The van der Waals surface area contributed by atoms with Crippen LogP contribution >= 0.6 is 19.6 Å². The van der Waals surface area contributed by atoms with Crippen molar-refractivity contribution in [1.82, 2.24) is 5.32 Å². The van der Waals surface area contributed by atoms with Gasteiger partial charge in [-0.25, -0.2) is 14.4 Å². The Morgan fingerprint density at radius 1 is 1.15 bits per heavy atom. The van der Waals surface area contributed by atoms with Crippen LogP contribution in [0.2, 0.25) is 0 Å². The third-order valence-electron chi connectivity index (χ3n) is 6.53. The minimum absolute atomic E-state index is 0.0361. The van der Waals surface area contributed by atoms with Gasteiger partial charge in [-0.15, -0.1) is 11.8 Å². The van der Waals surface area contributed by atoms with E-state index in [1.807, 2.05) is 67.6 Å². The molecule has 0 bridgehead atoms. The largest absolute Gasteiger partial charge is 0.551 e. The number of hydrogen-bond acceptors (Lipinski definition) is 12. The van der Waals surface area contributed by atoms with E-state index < -0.39 is 31.1 Å². The number of benzene rings is 2. The number of rotatable bonds is 17. The van der Waals surface area contributed by atoms with Gasteiger partial charge >= 0.3 is 13.4 Å². The lowest BCUT2D eigenvalue weighted by atomic mass is 10.1. The number of phosphoric acid groups is 1. The molecule has 14 heteroatoms. The molecule has 244 valence electrons. The number of hydrogen-bond donors (Lipinski definition) is 2. The molecule has 1 aromatic heterocycles. The van der Waals surface area contributed by atoms with Crippen molar-refractivity contribution in [3.05, 3.63) is 113 Å². The highest BCUT2D eigenvalue weighted by Crippen LogP contribution is 2.51. The number of carbonyl (C=O) groups is 1. The molecular weight excluding hydrogens is 631 g/mol. The van der Waals surface area contributed by atoms with E-state index in [2.05, 4.69) is 22.0 Å². The molecular formula is C32H37N4O8PS. The highest BCUT2D eigenvalue weighted by Gasteiger charge is 2.41. The van der Waals surface area contributed by atoms with Crippen molar-refractivity contribution in [2.45, 2.75) is 51.6 Å². The standard InChI is InChI=1S/C32H37N4O8PS/c1-4-12-27(28-18-26(40-17-5-2)19-29(37)43-28)34-31(38)32(33)22-46-30(35-32)23(3)36-44-45(39,41-20-24-13-8-6-9-14-24)42-21-25-15-10-7-11-16-25/h5-11,13-16,18-19,27H,2,4,12,17,20-22,33H2,1,3H3,(H,34,38)/b36-23+/t27-,32+/m1/s1. The fraction of sp³-hybridized carbons (Fsp3) is 0.312. The summed E-state index contributed by atoms with van der Waals surface area (Å²) in [5, 5.41) is 7.18. The zero-order chi connectivity index (χ0) is 33.0. The summed E-state index contributed by atoms with van der Waals surface area (Å²) in [5.74, 6) is 0.0441. The first-order valence-electron chi connectivity index (χ1n) is 14.5. The molecule has 0 radical (unpaired) electrons. The molecule has 46 heavy (non-hydrogen) atoms. The second-order valence-electron chi connectivity index (χ2n) is 10.3. The Bertz CT molecular complexity index is 1600. The molecule has 3 N–H and O–H groups in total. The van der Waals surface area contributed by atoms with E-state index in [1.165, 1.54) is 17.8 Å². The molecule has 4 rings (SSSR count). The molecule has 1 aliphatic heterocycles. The van der Waals surface area contributed by atoms with Crippen LogP contribution in [0.4, 0.5) is 0 Å². The number of oxime groups is 1. The number of nitrogens with two attached hydrogens (primary N) is 1. The zero-order valence-electron chi connectivity index (χ0n) is 25.6. The molecule has 0 saturated heterocycles. The Balaban J connectivity index is 1.47. The highest BCUT2D eigenvalue weighted by molar-refractivity contribution is 8.16. The summed E-state index contributed by atoms with van der Waals surface area (Å²) in [7, 11) is -4.19. The van der Waals surface area contributed by atoms with Gasteiger partial charge < -0.3 is 14.5 Å². The van der Waals surface area contributed by atoms with Crippen LogP contribution in [0, 0.1) is 0 Å². The van der Waals surface area contributed by atoms with Gasteiger partial charge in [-0.3, -0.25) is 24.2 Å². The zero-order valence-corrected chi connectivity index (χ0v) is 27.3. The third kappa shape index (κ3) is 10.0. The minimum Gasteiger partial charge on any atom is -0.489 e. The highest BCUT2D eigenvalue weighted by atomic mass is 32.2. The van der Waals surface area contributed by atoms with E-state index >= 15 is 0 Å². The average molecular weight is 669 g/mol. The number of thioether (sulfide) groups is 1. The van der Waals surface area contributed by atoms with Gasteiger partial charge in [0, 0.05) is 11.8 Å². The number of ether oxygens (including phenoxy) is 1. The van der Waals surface area contributed by atoms with E-state index in [9.17, 15) is 14.2 Å². The molecule has 1 aliphatic rings. The monoisotopic (exact) mass is 668 g/mol. The SMILES string of the molecule is C=CCOc1cc([C@@H](CCC)NC(=O)[C@]2(N)CSC(/C(C)=N/OP(=O)(OCc3ccccc3)OCc3ccccc3)=N2)oc(=O)c1. The predicted molar refractivity (Wildman–Crippen MR) is 178 cm³/mol. The number of aliphatic imine (C=N–C) groups is 1. The number of phosphoric ester groups is 1. The van der Waals surface area contributed by atoms with Gasteiger partial charge in [-0.05, 0) is 24.5 Å². The van der Waals surface area contributed by atoms with Crippen LogP contribution in [0.1, 0.15) is 49.6 Å². The summed E-state index contributed by atoms with van der Waals surface area (Å²) in [6, 6.07) is 20.4. The molecule has 1 amide bonds. The van der Waals surface area contributed by atoms with Crippen LogP contribution in [0.3, 0.4) is 0 Å². The summed E-state index contributed by atoms with van der Waals surface area (Å²) in [4.78, 5) is 30.0. The van der Waals surface area contributed by atoms with E-state index in [4.69, 9.17) is 28.6 Å². The Morgan fingerprint density at radius 3 is 2.37 bits per heavy atom. The van der Waals surface area contributed by atoms with Crippen molar-refractivity contribution in [3.8, 4) is 5.75 Å². The molecule has 0 unspecified atom stereocenters. The van der Waals surface area contributed by atoms with Gasteiger partial charge in [0.15, 0.2) is 5.66 Å². The summed E-state index contributed by atoms with van der Waals surface area (Å²) in [5.41, 5.74) is 5.92. The molecule has 0 aliphatic carbocycles. The van der Waals surface area contributed by atoms with Crippen molar-refractivity contribution in [2.75, 3.05) is 12.4 Å². The van der Waals surface area contributed by atoms with Crippen molar-refractivity contribution in [3.63, 3.8) is 0 Å². The fourth-order valence-electron chi connectivity index (χ4n) is 4.16. The van der Waals surface area contributed by atoms with Crippen LogP contribution < -0.4 is 21.4 Å². The minimum atomic E-state index is -4.19. The first kappa shape index (κ1) is 34.9. The molecule has 2 aromatic carbocycles. The maximum absolute atomic E-state index is 13.6. The van der Waals surface area contributed by atoms with E-state index in [1.54, 1.807) is 19.1 Å². The van der Waals surface area contributed by atoms with Gasteiger partial charge in [-0.2, -0.15) is 0 Å². The van der Waals surface area contributed by atoms with Crippen LogP contribution in [0.25, 0.3) is 0 Å². The molecule has 3 aromatic rings. The van der Waals surface area contributed by atoms with Gasteiger partial charge in [0.1, 0.15) is 28.9 Å². The first-order valence-corrected chi connectivity index (χ1v) is 17.0. The van der Waals surface area contributed by atoms with Crippen LogP contribution in [-0.2, 0) is 36.2 Å². The maximum Gasteiger partial charge on any atom is 0.551 e. The molecule has 0 fully saturated rings. The lowest BCUT2D eigenvalue weighted by Crippen LogP contribution is -2.54. The van der Waals surface area contributed by atoms with Crippen LogP contribution in [0.15, 0.2) is 105 Å². The van der Waals surface area contributed by atoms with Gasteiger partial charge in [-0.1, -0.05) is 91.8 Å². The number of carbonyl (C=O) groups excluding carboxylic acids is 1. The summed E-state index contributed by atoms with van der Waals surface area (Å²) in [6.45, 7) is 7.24. The van der Waals surface area contributed by atoms with E-state index in [-0.39, 0.29) is 37.0 Å². The van der Waals surface area contributed by atoms with Crippen LogP contribution in [0.5, 0.6) is 5.75 Å². The Morgan fingerprint density at radius 2 is 1.78 bits per heavy atom. The second kappa shape index (κ2) is 16.5. The van der Waals surface area contributed by atoms with Crippen molar-refractivity contribution in [2.24, 2.45) is 15.9 Å². The summed E-state index contributed by atoms with van der Waals surface area (Å²) in [6.07, 6.45) is 2.69. The van der Waals surface area contributed by atoms with E-state index in [0.717, 1.165) is 11.1 Å². The molecule has 0 spiro atoms. The molecule has 2 heterocycles. The molecule has 2 atom stereocenters. The first-order chi connectivity index (χ1) is 22.1. The maximum atomic E-state index is 13.6. The van der Waals surface area contributed by atoms with Crippen LogP contribution in [-0.4, -0.2) is 34.7 Å². The van der Waals surface area contributed by atoms with Gasteiger partial charge in [0.2, 0.25) is 0 Å². The number of amides is 1. The summed E-state index contributed by atoms with van der Waals surface area (Å²) >= 11 is 1.19. The number of nitrogens with zero attached hydrogens (tertiary/aromatic N) is 2. The fourth-order valence-corrected chi connectivity index (χ4v) is 6.19. The lowest BCUT2D eigenvalue weighted by Gasteiger charge is -2.24. The normalized spacial score (nSPS) is 17.2. The summed E-state index contributed by atoms with van der Waals surface area (Å²) < 4.78 is 41.0. The van der Waals surface area contributed by atoms with Crippen molar-refractivity contribution >= 4 is 36.2 Å². The average Bonchev–Trinajstić information content (AvgIpc) is 3.48. The smallest absolute Gasteiger partial charge is 0.489 e. The third-order valence-corrected chi connectivity index (χ3v) is 8.95. The van der Waals surface area contributed by atoms with Crippen molar-refractivity contribution in [1.29, 1.82) is 0 Å². The predicted octanol–water partition coefficient (Wildman–Crippen LogP) is 5.90. The van der Waals surface area contributed by atoms with Gasteiger partial charge in [0.25, 0.3) is 5.91 Å². The van der Waals surface area contributed by atoms with E-state index in [0.29, 0.717) is 23.6 Å². The molecule has 0 saturated carbocycles. The second-order valence-corrected chi connectivity index (χ2v) is 12.8. The Kier molecular flexibility index (Phi) is 12.5. The van der Waals surface area contributed by atoms with Crippen molar-refractivity contribution < 1.29 is 32.2 Å². The van der Waals surface area contributed by atoms with Gasteiger partial charge in [0.05, 0.1) is 25.3 Å². The number of nitrogens with one attached hydrogen (secondary N) is 1. The lowest BCUT2D eigenvalue weighted by molar-refractivity contribution is -0.126. The topological polar surface area (TPSA) is 164 Å².